The third-order valence-electron chi connectivity index (χ3n) is 5.93. The van der Waals surface area contributed by atoms with Crippen molar-refractivity contribution in [3.8, 4) is 5.69 Å². The Balaban J connectivity index is 1.47. The molecule has 3 aromatic rings. The minimum atomic E-state index is -3.14. The number of fused-ring (bicyclic) bond motifs is 1. The quantitative estimate of drug-likeness (QED) is 0.479. The zero-order chi connectivity index (χ0) is 24.5. The van der Waals surface area contributed by atoms with Crippen LogP contribution in [0.3, 0.4) is 0 Å². The minimum absolute atomic E-state index is 0.0422. The number of nitrogens with zero attached hydrogens (tertiary/aromatic N) is 3. The lowest BCUT2D eigenvalue weighted by molar-refractivity contribution is -0.137. The number of esters is 1. The van der Waals surface area contributed by atoms with Gasteiger partial charge in [-0.15, -0.1) is 0 Å². The molecule has 2 aromatic carbocycles. The van der Waals surface area contributed by atoms with Crippen molar-refractivity contribution in [2.45, 2.75) is 33.2 Å². The van der Waals surface area contributed by atoms with Crippen LogP contribution in [0.1, 0.15) is 36.5 Å². The summed E-state index contributed by atoms with van der Waals surface area (Å²) in [5, 5.41) is 0. The van der Waals surface area contributed by atoms with Crippen molar-refractivity contribution in [1.82, 2.24) is 14.5 Å². The van der Waals surface area contributed by atoms with Gasteiger partial charge in [-0.25, -0.2) is 18.2 Å². The fourth-order valence-corrected chi connectivity index (χ4v) is 6.12. The Morgan fingerprint density at radius 2 is 1.91 bits per heavy atom. The highest BCUT2D eigenvalue weighted by Gasteiger charge is 2.35. The zero-order valence-electron chi connectivity index (χ0n) is 19.6. The minimum Gasteiger partial charge on any atom is -0.452 e. The second-order valence-electron chi connectivity index (χ2n) is 9.11. The maximum absolute atomic E-state index is 12.9. The number of aryl methyl sites for hydroxylation is 1. The van der Waals surface area contributed by atoms with Gasteiger partial charge in [0.05, 0.1) is 28.1 Å². The Kier molecular flexibility index (Phi) is 6.74. The molecular weight excluding hydrogens is 454 g/mol. The maximum atomic E-state index is 12.9. The molecule has 0 saturated carbocycles. The van der Waals surface area contributed by atoms with Crippen LogP contribution < -0.4 is 0 Å². The van der Waals surface area contributed by atoms with Crippen LogP contribution in [0.25, 0.3) is 16.7 Å². The fourth-order valence-electron chi connectivity index (χ4n) is 4.39. The molecule has 1 fully saturated rings. The van der Waals surface area contributed by atoms with Gasteiger partial charge in [0, 0.05) is 18.3 Å². The highest BCUT2D eigenvalue weighted by Crippen LogP contribution is 2.23. The molecule has 8 nitrogen and oxygen atoms in total. The summed E-state index contributed by atoms with van der Waals surface area (Å²) in [5.74, 6) is -0.0142. The first kappa shape index (κ1) is 23.9. The van der Waals surface area contributed by atoms with Gasteiger partial charge in [-0.2, -0.15) is 0 Å². The van der Waals surface area contributed by atoms with Gasteiger partial charge >= 0.3 is 5.97 Å². The SMILES string of the molecule is Cc1nc2cc(C(=O)OCC(=O)N(CC(C)C)[C@@H]3CCS(=O)(=O)C3)ccc2n1-c1ccccc1. The monoisotopic (exact) mass is 483 g/mol. The van der Waals surface area contributed by atoms with Crippen LogP contribution in [-0.4, -0.2) is 65.4 Å². The zero-order valence-corrected chi connectivity index (χ0v) is 20.4. The molecule has 9 heteroatoms. The van der Waals surface area contributed by atoms with Crippen molar-refractivity contribution in [3.05, 3.63) is 59.9 Å². The van der Waals surface area contributed by atoms with Crippen molar-refractivity contribution < 1.29 is 22.7 Å². The summed E-state index contributed by atoms with van der Waals surface area (Å²) in [6.07, 6.45) is 0.412. The molecule has 4 rings (SSSR count). The molecule has 1 aliphatic heterocycles. The van der Waals surface area contributed by atoms with Gasteiger partial charge in [0.2, 0.25) is 0 Å². The van der Waals surface area contributed by atoms with E-state index < -0.39 is 22.4 Å². The van der Waals surface area contributed by atoms with Crippen molar-refractivity contribution in [1.29, 1.82) is 0 Å². The Morgan fingerprint density at radius 3 is 2.56 bits per heavy atom. The number of sulfone groups is 1. The van der Waals surface area contributed by atoms with E-state index in [2.05, 4.69) is 4.98 Å². The lowest BCUT2D eigenvalue weighted by Crippen LogP contribution is -2.45. The molecule has 0 unspecified atom stereocenters. The molecule has 0 aliphatic carbocycles. The third-order valence-corrected chi connectivity index (χ3v) is 7.68. The number of amides is 1. The number of carbonyl (C=O) groups is 2. The second kappa shape index (κ2) is 9.58. The van der Waals surface area contributed by atoms with E-state index in [1.54, 1.807) is 17.0 Å². The van der Waals surface area contributed by atoms with E-state index in [9.17, 15) is 18.0 Å². The summed E-state index contributed by atoms with van der Waals surface area (Å²) in [6, 6.07) is 14.6. The number of aromatic nitrogens is 2. The molecule has 1 amide bonds. The lowest BCUT2D eigenvalue weighted by Gasteiger charge is -2.29. The number of hydrogen-bond donors (Lipinski definition) is 0. The number of imidazole rings is 1. The van der Waals surface area contributed by atoms with Crippen LogP contribution in [0.2, 0.25) is 0 Å². The Labute approximate surface area is 199 Å². The van der Waals surface area contributed by atoms with E-state index in [1.807, 2.05) is 61.7 Å². The number of benzene rings is 2. The van der Waals surface area contributed by atoms with Gasteiger partial charge in [0.25, 0.3) is 5.91 Å². The first-order valence-corrected chi connectivity index (χ1v) is 13.2. The molecule has 0 bridgehead atoms. The Bertz CT molecular complexity index is 1320. The van der Waals surface area contributed by atoms with Crippen LogP contribution in [0.4, 0.5) is 0 Å². The molecule has 0 N–H and O–H groups in total. The lowest BCUT2D eigenvalue weighted by atomic mass is 10.1. The topological polar surface area (TPSA) is 98.6 Å². The average Bonchev–Trinajstić information content (AvgIpc) is 3.33. The van der Waals surface area contributed by atoms with Crippen molar-refractivity contribution in [3.63, 3.8) is 0 Å². The van der Waals surface area contributed by atoms with Crippen LogP contribution in [0.5, 0.6) is 0 Å². The second-order valence-corrected chi connectivity index (χ2v) is 11.3. The molecule has 1 atom stereocenters. The summed E-state index contributed by atoms with van der Waals surface area (Å²) >= 11 is 0. The average molecular weight is 484 g/mol. The molecule has 0 radical (unpaired) electrons. The van der Waals surface area contributed by atoms with E-state index in [4.69, 9.17) is 4.74 Å². The van der Waals surface area contributed by atoms with Crippen LogP contribution in [0.15, 0.2) is 48.5 Å². The Hall–Kier alpha value is -3.20. The predicted octanol–water partition coefficient (Wildman–Crippen LogP) is 3.16. The predicted molar refractivity (Wildman–Crippen MR) is 130 cm³/mol. The van der Waals surface area contributed by atoms with Crippen LogP contribution in [-0.2, 0) is 19.4 Å². The smallest absolute Gasteiger partial charge is 0.338 e. The summed E-state index contributed by atoms with van der Waals surface area (Å²) in [5.41, 5.74) is 2.79. The van der Waals surface area contributed by atoms with E-state index in [0.717, 1.165) is 17.0 Å². The molecule has 1 aromatic heterocycles. The molecule has 2 heterocycles. The first-order valence-electron chi connectivity index (χ1n) is 11.4. The van der Waals surface area contributed by atoms with E-state index in [0.29, 0.717) is 24.0 Å². The first-order chi connectivity index (χ1) is 16.1. The normalized spacial score (nSPS) is 17.2. The largest absolute Gasteiger partial charge is 0.452 e. The molecule has 180 valence electrons. The molecule has 0 spiro atoms. The fraction of sp³-hybridized carbons (Fsp3) is 0.400. The standard InChI is InChI=1S/C25H29N3O5S/c1-17(2)14-27(21-11-12-34(31,32)16-21)24(29)15-33-25(30)19-9-10-23-22(13-19)26-18(3)28(23)20-7-5-4-6-8-20/h4-10,13,17,21H,11-12,14-16H2,1-3H3/t21-/m1/s1. The van der Waals surface area contributed by atoms with Crippen molar-refractivity contribution >= 4 is 32.7 Å². The van der Waals surface area contributed by atoms with Gasteiger partial charge in [-0.3, -0.25) is 9.36 Å². The van der Waals surface area contributed by atoms with E-state index >= 15 is 0 Å². The molecule has 34 heavy (non-hydrogen) atoms. The van der Waals surface area contributed by atoms with Crippen molar-refractivity contribution in [2.75, 3.05) is 24.7 Å². The van der Waals surface area contributed by atoms with E-state index in [1.165, 1.54) is 0 Å². The number of carbonyl (C=O) groups excluding carboxylic acids is 2. The van der Waals surface area contributed by atoms with Gasteiger partial charge < -0.3 is 9.64 Å². The Morgan fingerprint density at radius 1 is 1.18 bits per heavy atom. The molecule has 1 aliphatic rings. The summed E-state index contributed by atoms with van der Waals surface area (Å²) in [4.78, 5) is 31.7. The van der Waals surface area contributed by atoms with Gasteiger partial charge in [-0.1, -0.05) is 32.0 Å². The summed E-state index contributed by atoms with van der Waals surface area (Å²) < 4.78 is 31.1. The van der Waals surface area contributed by atoms with Gasteiger partial charge in [-0.05, 0) is 49.6 Å². The van der Waals surface area contributed by atoms with Crippen LogP contribution >= 0.6 is 0 Å². The number of rotatable bonds is 7. The maximum Gasteiger partial charge on any atom is 0.338 e. The highest BCUT2D eigenvalue weighted by molar-refractivity contribution is 7.91. The van der Waals surface area contributed by atoms with Gasteiger partial charge in [0.15, 0.2) is 16.4 Å². The number of hydrogen-bond acceptors (Lipinski definition) is 6. The summed E-state index contributed by atoms with van der Waals surface area (Å²) in [6.45, 7) is 5.80. The summed E-state index contributed by atoms with van der Waals surface area (Å²) in [7, 11) is -3.14. The number of ether oxygens (including phenoxy) is 1. The highest BCUT2D eigenvalue weighted by atomic mass is 32.2. The van der Waals surface area contributed by atoms with Crippen molar-refractivity contribution in [2.24, 2.45) is 5.92 Å². The van der Waals surface area contributed by atoms with E-state index in [-0.39, 0.29) is 29.4 Å². The molecule has 1 saturated heterocycles. The number of para-hydroxylation sites is 1. The van der Waals surface area contributed by atoms with Gasteiger partial charge in [0.1, 0.15) is 5.82 Å². The third kappa shape index (κ3) is 5.14. The molecular formula is C25H29N3O5S. The van der Waals surface area contributed by atoms with Crippen LogP contribution in [0, 0.1) is 12.8 Å².